The Balaban J connectivity index is 2.77. The highest BCUT2D eigenvalue weighted by Crippen LogP contribution is 2.32. The van der Waals surface area contributed by atoms with E-state index < -0.39 is 0 Å². The first kappa shape index (κ1) is 9.84. The van der Waals surface area contributed by atoms with Gasteiger partial charge in [-0.25, -0.2) is 0 Å². The first-order valence-corrected chi connectivity index (χ1v) is 5.00. The molecule has 2 heteroatoms. The van der Waals surface area contributed by atoms with Crippen molar-refractivity contribution in [2.45, 2.75) is 13.3 Å². The third-order valence-electron chi connectivity index (χ3n) is 2.58. The Hall–Kier alpha value is -1.70. The molecule has 2 aromatic rings. The van der Waals surface area contributed by atoms with Crippen molar-refractivity contribution in [1.29, 1.82) is 0 Å². The lowest BCUT2D eigenvalue weighted by atomic mass is 10.1. The lowest BCUT2D eigenvalue weighted by molar-refractivity contribution is 0.419. The molecule has 0 saturated heterocycles. The summed E-state index contributed by atoms with van der Waals surface area (Å²) in [5.41, 5.74) is 3.05. The lowest BCUT2D eigenvalue weighted by Crippen LogP contribution is -1.87. The van der Waals surface area contributed by atoms with Crippen LogP contribution in [0.15, 0.2) is 29.4 Å². The van der Waals surface area contributed by atoms with E-state index in [-0.39, 0.29) is 0 Å². The maximum absolute atomic E-state index is 5.47. The summed E-state index contributed by atoms with van der Waals surface area (Å²) in [5, 5.41) is 1.00. The van der Waals surface area contributed by atoms with Crippen LogP contribution in [0.3, 0.4) is 0 Å². The summed E-state index contributed by atoms with van der Waals surface area (Å²) in [7, 11) is 1.67. The second-order valence-electron chi connectivity index (χ2n) is 3.42. The van der Waals surface area contributed by atoms with Crippen molar-refractivity contribution in [3.63, 3.8) is 0 Å². The van der Waals surface area contributed by atoms with Crippen molar-refractivity contribution < 1.29 is 9.15 Å². The predicted molar refractivity (Wildman–Crippen MR) is 62.2 cm³/mol. The van der Waals surface area contributed by atoms with Gasteiger partial charge in [0.15, 0.2) is 0 Å². The fourth-order valence-corrected chi connectivity index (χ4v) is 1.72. The molecule has 1 aromatic heterocycles. The van der Waals surface area contributed by atoms with E-state index in [0.717, 1.165) is 28.7 Å². The number of benzene rings is 1. The Bertz CT molecular complexity index is 494. The van der Waals surface area contributed by atoms with Crippen molar-refractivity contribution in [2.75, 3.05) is 7.11 Å². The lowest BCUT2D eigenvalue weighted by Gasteiger charge is -2.04. The fraction of sp³-hybridized carbons (Fsp3) is 0.231. The van der Waals surface area contributed by atoms with Crippen LogP contribution >= 0.6 is 0 Å². The Kier molecular flexibility index (Phi) is 2.50. The van der Waals surface area contributed by atoms with Gasteiger partial charge in [-0.15, -0.1) is 0 Å². The van der Waals surface area contributed by atoms with Gasteiger partial charge < -0.3 is 9.15 Å². The number of hydrogen-bond donors (Lipinski definition) is 0. The van der Waals surface area contributed by atoms with E-state index in [9.17, 15) is 0 Å². The summed E-state index contributed by atoms with van der Waals surface area (Å²) in [6.45, 7) is 5.86. The number of furan rings is 1. The van der Waals surface area contributed by atoms with E-state index in [4.69, 9.17) is 9.15 Å². The smallest absolute Gasteiger partial charge is 0.138 e. The van der Waals surface area contributed by atoms with E-state index in [1.165, 1.54) is 5.56 Å². The number of fused-ring (bicyclic) bond motifs is 1. The molecule has 0 aliphatic heterocycles. The van der Waals surface area contributed by atoms with E-state index in [1.54, 1.807) is 19.4 Å². The molecule has 0 radical (unpaired) electrons. The molecule has 0 N–H and O–H groups in total. The second-order valence-corrected chi connectivity index (χ2v) is 3.42. The molecule has 0 spiro atoms. The fourth-order valence-electron chi connectivity index (χ4n) is 1.72. The highest BCUT2D eigenvalue weighted by atomic mass is 16.5. The van der Waals surface area contributed by atoms with Crippen molar-refractivity contribution >= 4 is 17.0 Å². The van der Waals surface area contributed by atoms with Crippen LogP contribution in [-0.4, -0.2) is 7.11 Å². The van der Waals surface area contributed by atoms with Gasteiger partial charge in [-0.1, -0.05) is 19.6 Å². The second kappa shape index (κ2) is 3.81. The third-order valence-corrected chi connectivity index (χ3v) is 2.58. The Morgan fingerprint density at radius 1 is 1.47 bits per heavy atom. The maximum Gasteiger partial charge on any atom is 0.138 e. The predicted octanol–water partition coefficient (Wildman–Crippen LogP) is 3.65. The summed E-state index contributed by atoms with van der Waals surface area (Å²) < 4.78 is 10.8. The summed E-state index contributed by atoms with van der Waals surface area (Å²) in [6.07, 6.45) is 4.45. The molecule has 0 bridgehead atoms. The monoisotopic (exact) mass is 202 g/mol. The number of ether oxygens (including phenoxy) is 1. The number of rotatable bonds is 3. The van der Waals surface area contributed by atoms with E-state index in [1.807, 2.05) is 12.1 Å². The van der Waals surface area contributed by atoms with Crippen LogP contribution in [0.4, 0.5) is 0 Å². The van der Waals surface area contributed by atoms with Crippen LogP contribution in [-0.2, 0) is 6.42 Å². The maximum atomic E-state index is 5.47. The van der Waals surface area contributed by atoms with Crippen LogP contribution in [0, 0.1) is 0 Å². The molecule has 1 aromatic carbocycles. The summed E-state index contributed by atoms with van der Waals surface area (Å²) >= 11 is 0. The van der Waals surface area contributed by atoms with Gasteiger partial charge in [0, 0.05) is 5.56 Å². The van der Waals surface area contributed by atoms with Crippen molar-refractivity contribution in [2.24, 2.45) is 0 Å². The highest BCUT2D eigenvalue weighted by Gasteiger charge is 2.10. The molecular weight excluding hydrogens is 188 g/mol. The molecule has 2 nitrogen and oxygen atoms in total. The molecule has 0 saturated carbocycles. The zero-order chi connectivity index (χ0) is 10.8. The minimum atomic E-state index is 0.855. The number of methoxy groups -OCH3 is 1. The van der Waals surface area contributed by atoms with Gasteiger partial charge in [0.05, 0.1) is 18.8 Å². The highest BCUT2D eigenvalue weighted by molar-refractivity contribution is 5.92. The molecule has 0 fully saturated rings. The third kappa shape index (κ3) is 1.52. The van der Waals surface area contributed by atoms with Crippen LogP contribution in [0.1, 0.15) is 18.1 Å². The Morgan fingerprint density at radius 3 is 2.87 bits per heavy atom. The van der Waals surface area contributed by atoms with Gasteiger partial charge >= 0.3 is 0 Å². The zero-order valence-corrected chi connectivity index (χ0v) is 9.04. The van der Waals surface area contributed by atoms with Crippen LogP contribution in [0.25, 0.3) is 17.0 Å². The van der Waals surface area contributed by atoms with E-state index in [2.05, 4.69) is 13.5 Å². The molecule has 0 amide bonds. The number of hydrogen-bond acceptors (Lipinski definition) is 2. The summed E-state index contributed by atoms with van der Waals surface area (Å²) in [4.78, 5) is 0. The van der Waals surface area contributed by atoms with Gasteiger partial charge in [0.1, 0.15) is 11.3 Å². The first-order valence-electron chi connectivity index (χ1n) is 5.00. The molecule has 0 aliphatic carbocycles. The average Bonchev–Trinajstić information content (AvgIpc) is 2.70. The van der Waals surface area contributed by atoms with Crippen molar-refractivity contribution in [3.8, 4) is 5.75 Å². The van der Waals surface area contributed by atoms with Crippen LogP contribution in [0.5, 0.6) is 5.75 Å². The topological polar surface area (TPSA) is 22.4 Å². The minimum absolute atomic E-state index is 0.855. The van der Waals surface area contributed by atoms with Gasteiger partial charge in [-0.2, -0.15) is 0 Å². The number of aryl methyl sites for hydroxylation is 1. The van der Waals surface area contributed by atoms with Gasteiger partial charge in [-0.05, 0) is 24.1 Å². The molecule has 15 heavy (non-hydrogen) atoms. The molecule has 0 atom stereocenters. The van der Waals surface area contributed by atoms with Crippen molar-refractivity contribution in [1.82, 2.24) is 0 Å². The van der Waals surface area contributed by atoms with Gasteiger partial charge in [0.2, 0.25) is 0 Å². The Morgan fingerprint density at radius 2 is 2.27 bits per heavy atom. The van der Waals surface area contributed by atoms with Gasteiger partial charge in [-0.3, -0.25) is 0 Å². The molecular formula is C13H14O2. The molecule has 0 aliphatic rings. The van der Waals surface area contributed by atoms with Crippen LogP contribution < -0.4 is 4.74 Å². The largest absolute Gasteiger partial charge is 0.496 e. The SMILES string of the molecule is C=Cc1coc2cc(CC)cc(OC)c12. The quantitative estimate of drug-likeness (QED) is 0.758. The molecule has 1 heterocycles. The average molecular weight is 202 g/mol. The normalized spacial score (nSPS) is 10.5. The van der Waals surface area contributed by atoms with E-state index in [0.29, 0.717) is 0 Å². The standard InChI is InChI=1S/C13H14O2/c1-4-9-6-11(14-3)13-10(5-2)8-15-12(13)7-9/h5-8H,2,4H2,1,3H3. The van der Waals surface area contributed by atoms with Crippen molar-refractivity contribution in [3.05, 3.63) is 36.1 Å². The zero-order valence-electron chi connectivity index (χ0n) is 9.04. The minimum Gasteiger partial charge on any atom is -0.496 e. The molecule has 2 rings (SSSR count). The Labute approximate surface area is 89.2 Å². The van der Waals surface area contributed by atoms with Crippen LogP contribution in [0.2, 0.25) is 0 Å². The van der Waals surface area contributed by atoms with Gasteiger partial charge in [0.25, 0.3) is 0 Å². The summed E-state index contributed by atoms with van der Waals surface area (Å²) in [5.74, 6) is 0.855. The molecule has 78 valence electrons. The first-order chi connectivity index (χ1) is 7.30. The summed E-state index contributed by atoms with van der Waals surface area (Å²) in [6, 6.07) is 4.09. The molecule has 0 unspecified atom stereocenters. The van der Waals surface area contributed by atoms with E-state index >= 15 is 0 Å².